The number of hydrogen-bond acceptors (Lipinski definition) is 3. The summed E-state index contributed by atoms with van der Waals surface area (Å²) in [5, 5.41) is 3.47. The van der Waals surface area contributed by atoms with Gasteiger partial charge < -0.3 is 5.32 Å². The number of hydrogen-bond donors (Lipinski definition) is 1. The molecule has 0 bridgehead atoms. The summed E-state index contributed by atoms with van der Waals surface area (Å²) in [4.78, 5) is 0.359. The van der Waals surface area contributed by atoms with Crippen LogP contribution in [-0.4, -0.2) is 14.7 Å². The molecule has 1 atom stereocenters. The minimum Gasteiger partial charge on any atom is -0.306 e. The van der Waals surface area contributed by atoms with E-state index in [2.05, 4.69) is 50.4 Å². The lowest BCUT2D eigenvalue weighted by Gasteiger charge is -2.15. The zero-order valence-electron chi connectivity index (χ0n) is 14.2. The third-order valence-corrected chi connectivity index (χ3v) is 5.20. The topological polar surface area (TPSA) is 46.2 Å². The quantitative estimate of drug-likeness (QED) is 0.868. The predicted molar refractivity (Wildman–Crippen MR) is 95.3 cm³/mol. The van der Waals surface area contributed by atoms with Crippen molar-refractivity contribution in [3.05, 3.63) is 65.2 Å². The summed E-state index contributed by atoms with van der Waals surface area (Å²) < 4.78 is 23.0. The Hall–Kier alpha value is -1.65. The summed E-state index contributed by atoms with van der Waals surface area (Å²) in [6.07, 6.45) is 1.23. The molecule has 2 rings (SSSR count). The minimum atomic E-state index is -3.13. The first-order valence-electron chi connectivity index (χ1n) is 7.89. The van der Waals surface area contributed by atoms with Crippen LogP contribution in [0.1, 0.15) is 49.4 Å². The van der Waals surface area contributed by atoms with E-state index in [9.17, 15) is 8.42 Å². The third kappa shape index (κ3) is 4.91. The van der Waals surface area contributed by atoms with Gasteiger partial charge in [-0.15, -0.1) is 0 Å². The molecule has 2 aromatic carbocycles. The van der Waals surface area contributed by atoms with Gasteiger partial charge in [0, 0.05) is 18.8 Å². The van der Waals surface area contributed by atoms with Crippen molar-refractivity contribution < 1.29 is 8.42 Å². The van der Waals surface area contributed by atoms with Gasteiger partial charge in [-0.1, -0.05) is 50.2 Å². The molecule has 0 saturated heterocycles. The maximum atomic E-state index is 11.5. The molecule has 0 aliphatic heterocycles. The standard InChI is InChI=1S/C19H25NO2S/c1-14(2)17-7-5-16(6-8-17)13-20-15(3)18-9-11-19(12-10-18)23(4,21)22/h5-12,14-15,20H,13H2,1-4H3. The van der Waals surface area contributed by atoms with Gasteiger partial charge in [-0.3, -0.25) is 0 Å². The fraction of sp³-hybridized carbons (Fsp3) is 0.368. The Morgan fingerprint density at radius 3 is 1.87 bits per heavy atom. The molecule has 0 radical (unpaired) electrons. The van der Waals surface area contributed by atoms with E-state index in [1.54, 1.807) is 12.1 Å². The smallest absolute Gasteiger partial charge is 0.175 e. The van der Waals surface area contributed by atoms with E-state index in [1.165, 1.54) is 17.4 Å². The van der Waals surface area contributed by atoms with Gasteiger partial charge in [0.05, 0.1) is 4.90 Å². The highest BCUT2D eigenvalue weighted by atomic mass is 32.2. The Morgan fingerprint density at radius 2 is 1.39 bits per heavy atom. The van der Waals surface area contributed by atoms with Crippen molar-refractivity contribution in [3.63, 3.8) is 0 Å². The molecule has 0 aliphatic carbocycles. The molecule has 0 amide bonds. The maximum absolute atomic E-state index is 11.5. The van der Waals surface area contributed by atoms with Crippen LogP contribution in [0.4, 0.5) is 0 Å². The largest absolute Gasteiger partial charge is 0.306 e. The lowest BCUT2D eigenvalue weighted by Crippen LogP contribution is -2.18. The van der Waals surface area contributed by atoms with Crippen LogP contribution in [0.3, 0.4) is 0 Å². The normalized spacial score (nSPS) is 13.3. The van der Waals surface area contributed by atoms with Gasteiger partial charge in [0.1, 0.15) is 0 Å². The first kappa shape index (κ1) is 17.7. The van der Waals surface area contributed by atoms with Crippen molar-refractivity contribution in [2.75, 3.05) is 6.26 Å². The molecule has 23 heavy (non-hydrogen) atoms. The molecule has 0 fully saturated rings. The minimum absolute atomic E-state index is 0.161. The lowest BCUT2D eigenvalue weighted by atomic mass is 10.0. The Balaban J connectivity index is 1.97. The molecule has 0 saturated carbocycles. The maximum Gasteiger partial charge on any atom is 0.175 e. The first-order chi connectivity index (χ1) is 10.8. The van der Waals surface area contributed by atoms with Gasteiger partial charge in [-0.2, -0.15) is 0 Å². The molecule has 0 spiro atoms. The van der Waals surface area contributed by atoms with Gasteiger partial charge in [0.25, 0.3) is 0 Å². The van der Waals surface area contributed by atoms with Crippen molar-refractivity contribution in [3.8, 4) is 0 Å². The van der Waals surface area contributed by atoms with Crippen molar-refractivity contribution in [1.29, 1.82) is 0 Å². The van der Waals surface area contributed by atoms with Crippen LogP contribution >= 0.6 is 0 Å². The van der Waals surface area contributed by atoms with Gasteiger partial charge >= 0.3 is 0 Å². The summed E-state index contributed by atoms with van der Waals surface area (Å²) in [5.74, 6) is 0.546. The highest BCUT2D eigenvalue weighted by molar-refractivity contribution is 7.90. The van der Waals surface area contributed by atoms with E-state index in [1.807, 2.05) is 12.1 Å². The summed E-state index contributed by atoms with van der Waals surface area (Å²) in [7, 11) is -3.13. The summed E-state index contributed by atoms with van der Waals surface area (Å²) >= 11 is 0. The van der Waals surface area contributed by atoms with E-state index in [0.29, 0.717) is 10.8 Å². The molecule has 0 aromatic heterocycles. The van der Waals surface area contributed by atoms with Crippen molar-refractivity contribution >= 4 is 9.84 Å². The molecule has 2 aromatic rings. The molecular weight excluding hydrogens is 306 g/mol. The second kappa shape index (κ2) is 7.28. The van der Waals surface area contributed by atoms with Crippen LogP contribution in [0.15, 0.2) is 53.4 Å². The van der Waals surface area contributed by atoms with Gasteiger partial charge in [-0.25, -0.2) is 8.42 Å². The SMILES string of the molecule is CC(C)c1ccc(CNC(C)c2ccc(S(C)(=O)=O)cc2)cc1. The highest BCUT2D eigenvalue weighted by Gasteiger charge is 2.09. The lowest BCUT2D eigenvalue weighted by molar-refractivity contribution is 0.573. The highest BCUT2D eigenvalue weighted by Crippen LogP contribution is 2.18. The fourth-order valence-corrected chi connectivity index (χ4v) is 3.04. The Morgan fingerprint density at radius 1 is 0.870 bits per heavy atom. The zero-order valence-corrected chi connectivity index (χ0v) is 15.0. The van der Waals surface area contributed by atoms with Crippen LogP contribution in [0.25, 0.3) is 0 Å². The van der Waals surface area contributed by atoms with Crippen molar-refractivity contribution in [2.24, 2.45) is 0 Å². The Labute approximate surface area is 139 Å². The first-order valence-corrected chi connectivity index (χ1v) is 9.79. The van der Waals surface area contributed by atoms with Crippen LogP contribution in [0.2, 0.25) is 0 Å². The summed E-state index contributed by atoms with van der Waals surface area (Å²) in [6.45, 7) is 7.25. The van der Waals surface area contributed by atoms with E-state index in [-0.39, 0.29) is 6.04 Å². The van der Waals surface area contributed by atoms with E-state index < -0.39 is 9.84 Å². The third-order valence-electron chi connectivity index (χ3n) is 4.07. The van der Waals surface area contributed by atoms with E-state index in [0.717, 1.165) is 12.1 Å². The zero-order chi connectivity index (χ0) is 17.0. The molecular formula is C19H25NO2S. The van der Waals surface area contributed by atoms with Crippen LogP contribution < -0.4 is 5.32 Å². The summed E-state index contributed by atoms with van der Waals surface area (Å²) in [6, 6.07) is 15.9. The van der Waals surface area contributed by atoms with Crippen molar-refractivity contribution in [2.45, 2.75) is 44.2 Å². The van der Waals surface area contributed by atoms with Crippen molar-refractivity contribution in [1.82, 2.24) is 5.32 Å². The average Bonchev–Trinajstić information content (AvgIpc) is 2.52. The van der Waals surface area contributed by atoms with Gasteiger partial charge in [0.2, 0.25) is 0 Å². The van der Waals surface area contributed by atoms with E-state index in [4.69, 9.17) is 0 Å². The second-order valence-corrected chi connectivity index (χ2v) is 8.36. The second-order valence-electron chi connectivity index (χ2n) is 6.34. The molecule has 124 valence electrons. The molecule has 1 unspecified atom stereocenters. The van der Waals surface area contributed by atoms with Crippen LogP contribution in [-0.2, 0) is 16.4 Å². The van der Waals surface area contributed by atoms with Crippen LogP contribution in [0.5, 0.6) is 0 Å². The molecule has 4 heteroatoms. The fourth-order valence-electron chi connectivity index (χ4n) is 2.41. The molecule has 0 heterocycles. The number of benzene rings is 2. The van der Waals surface area contributed by atoms with Gasteiger partial charge in [-0.05, 0) is 41.7 Å². The Bertz CT molecular complexity index is 732. The van der Waals surface area contributed by atoms with Gasteiger partial charge in [0.15, 0.2) is 9.84 Å². The summed E-state index contributed by atoms with van der Waals surface area (Å²) in [5.41, 5.74) is 3.67. The predicted octanol–water partition coefficient (Wildman–Crippen LogP) is 4.06. The molecule has 1 N–H and O–H groups in total. The number of nitrogens with one attached hydrogen (secondary N) is 1. The molecule has 0 aliphatic rings. The Kier molecular flexibility index (Phi) is 5.60. The number of sulfone groups is 1. The molecule has 3 nitrogen and oxygen atoms in total. The number of rotatable bonds is 6. The van der Waals surface area contributed by atoms with Crippen LogP contribution in [0, 0.1) is 0 Å². The monoisotopic (exact) mass is 331 g/mol. The average molecular weight is 331 g/mol. The van der Waals surface area contributed by atoms with E-state index >= 15 is 0 Å².